The number of nitrogens with two attached hydrogens (primary N) is 1. The van der Waals surface area contributed by atoms with Gasteiger partial charge in [-0.05, 0) is 12.1 Å². The van der Waals surface area contributed by atoms with Gasteiger partial charge in [0.25, 0.3) is 0 Å². The molecule has 5 heteroatoms. The zero-order chi connectivity index (χ0) is 12.1. The first-order valence-corrected chi connectivity index (χ1v) is 4.69. The molecule has 0 aliphatic carbocycles. The first-order chi connectivity index (χ1) is 7.63. The monoisotopic (exact) mass is 225 g/mol. The van der Waals surface area contributed by atoms with Gasteiger partial charge in [0.05, 0.1) is 21.3 Å². The third-order valence-electron chi connectivity index (χ3n) is 2.23. The second-order valence-electron chi connectivity index (χ2n) is 3.11. The summed E-state index contributed by atoms with van der Waals surface area (Å²) in [7, 11) is 4.34. The molecule has 0 spiro atoms. The van der Waals surface area contributed by atoms with Crippen LogP contribution in [0.2, 0.25) is 0 Å². The number of hydrogen-bond donors (Lipinski definition) is 1. The van der Waals surface area contributed by atoms with Gasteiger partial charge in [-0.3, -0.25) is 4.79 Å². The number of rotatable bonds is 4. The molecular formula is C11H15NO4. The van der Waals surface area contributed by atoms with Gasteiger partial charge in [0.1, 0.15) is 17.5 Å². The molecule has 1 aromatic rings. The lowest BCUT2D eigenvalue weighted by Gasteiger charge is -2.14. The maximum Gasteiger partial charge on any atom is 0.327 e. The number of esters is 1. The molecule has 0 aliphatic rings. The Morgan fingerprint density at radius 2 is 1.94 bits per heavy atom. The normalized spacial score (nSPS) is 11.8. The highest BCUT2D eigenvalue weighted by Crippen LogP contribution is 2.28. The van der Waals surface area contributed by atoms with Crippen molar-refractivity contribution in [3.05, 3.63) is 23.8 Å². The van der Waals surface area contributed by atoms with Gasteiger partial charge in [0.15, 0.2) is 0 Å². The summed E-state index contributed by atoms with van der Waals surface area (Å²) < 4.78 is 14.7. The topological polar surface area (TPSA) is 70.8 Å². The van der Waals surface area contributed by atoms with E-state index in [0.29, 0.717) is 17.1 Å². The van der Waals surface area contributed by atoms with Gasteiger partial charge < -0.3 is 19.9 Å². The van der Waals surface area contributed by atoms with Gasteiger partial charge in [0.2, 0.25) is 0 Å². The van der Waals surface area contributed by atoms with Crippen molar-refractivity contribution >= 4 is 5.97 Å². The molecule has 5 nitrogen and oxygen atoms in total. The molecule has 0 fully saturated rings. The molecule has 2 N–H and O–H groups in total. The molecule has 16 heavy (non-hydrogen) atoms. The molecule has 0 amide bonds. The smallest absolute Gasteiger partial charge is 0.327 e. The predicted octanol–water partition coefficient (Wildman–Crippen LogP) is 0.877. The maximum absolute atomic E-state index is 11.3. The van der Waals surface area contributed by atoms with E-state index in [0.717, 1.165) is 0 Å². The molecule has 1 atom stereocenters. The number of benzene rings is 1. The van der Waals surface area contributed by atoms with E-state index in [1.807, 2.05) is 0 Å². The van der Waals surface area contributed by atoms with Crippen LogP contribution in [0.1, 0.15) is 11.6 Å². The summed E-state index contributed by atoms with van der Waals surface area (Å²) in [5.41, 5.74) is 6.29. The molecule has 1 unspecified atom stereocenters. The molecule has 0 bridgehead atoms. The van der Waals surface area contributed by atoms with E-state index in [1.165, 1.54) is 14.2 Å². The minimum Gasteiger partial charge on any atom is -0.497 e. The number of carbonyl (C=O) groups excluding carboxylic acids is 1. The molecule has 0 saturated heterocycles. The van der Waals surface area contributed by atoms with Crippen molar-refractivity contribution in [1.29, 1.82) is 0 Å². The van der Waals surface area contributed by atoms with Crippen LogP contribution in [0, 0.1) is 0 Å². The van der Waals surface area contributed by atoms with E-state index in [2.05, 4.69) is 4.74 Å². The van der Waals surface area contributed by atoms with E-state index in [-0.39, 0.29) is 0 Å². The van der Waals surface area contributed by atoms with E-state index >= 15 is 0 Å². The molecule has 88 valence electrons. The van der Waals surface area contributed by atoms with Gasteiger partial charge in [-0.2, -0.15) is 0 Å². The average Bonchev–Trinajstić information content (AvgIpc) is 2.35. The highest BCUT2D eigenvalue weighted by atomic mass is 16.5. The third kappa shape index (κ3) is 2.43. The fraction of sp³-hybridized carbons (Fsp3) is 0.364. The van der Waals surface area contributed by atoms with E-state index in [9.17, 15) is 4.79 Å². The summed E-state index contributed by atoms with van der Waals surface area (Å²) in [4.78, 5) is 11.3. The van der Waals surface area contributed by atoms with Crippen molar-refractivity contribution in [3.63, 3.8) is 0 Å². The summed E-state index contributed by atoms with van der Waals surface area (Å²) in [6, 6.07) is 4.20. The van der Waals surface area contributed by atoms with Crippen molar-refractivity contribution < 1.29 is 19.0 Å². The van der Waals surface area contributed by atoms with Crippen molar-refractivity contribution in [2.45, 2.75) is 6.04 Å². The fourth-order valence-electron chi connectivity index (χ4n) is 1.33. The lowest BCUT2D eigenvalue weighted by atomic mass is 10.1. The van der Waals surface area contributed by atoms with E-state index < -0.39 is 12.0 Å². The number of carbonyl (C=O) groups is 1. The first kappa shape index (κ1) is 12.3. The average molecular weight is 225 g/mol. The van der Waals surface area contributed by atoms with Crippen LogP contribution in [0.5, 0.6) is 11.5 Å². The predicted molar refractivity (Wildman–Crippen MR) is 58.5 cm³/mol. The summed E-state index contributed by atoms with van der Waals surface area (Å²) in [5, 5.41) is 0. The van der Waals surface area contributed by atoms with Crippen LogP contribution in [0.3, 0.4) is 0 Å². The first-order valence-electron chi connectivity index (χ1n) is 4.69. The van der Waals surface area contributed by atoms with Gasteiger partial charge in [-0.1, -0.05) is 0 Å². The molecule has 0 aliphatic heterocycles. The van der Waals surface area contributed by atoms with Crippen LogP contribution in [-0.4, -0.2) is 27.3 Å². The summed E-state index contributed by atoms with van der Waals surface area (Å²) in [6.07, 6.45) is 0. The lowest BCUT2D eigenvalue weighted by molar-refractivity contribution is -0.142. The molecular weight excluding hydrogens is 210 g/mol. The van der Waals surface area contributed by atoms with Crippen LogP contribution in [0.25, 0.3) is 0 Å². The van der Waals surface area contributed by atoms with Crippen LogP contribution >= 0.6 is 0 Å². The zero-order valence-electron chi connectivity index (χ0n) is 9.52. The Kier molecular flexibility index (Phi) is 4.13. The van der Waals surface area contributed by atoms with E-state index in [1.54, 1.807) is 25.3 Å². The molecule has 0 saturated carbocycles. The van der Waals surface area contributed by atoms with Gasteiger partial charge in [-0.25, -0.2) is 0 Å². The second-order valence-corrected chi connectivity index (χ2v) is 3.11. The number of ether oxygens (including phenoxy) is 3. The highest BCUT2D eigenvalue weighted by Gasteiger charge is 2.20. The Balaban J connectivity index is 3.08. The minimum absolute atomic E-state index is 0.497. The Bertz CT molecular complexity index is 378. The Labute approximate surface area is 94.1 Å². The lowest BCUT2D eigenvalue weighted by Crippen LogP contribution is -2.23. The van der Waals surface area contributed by atoms with Crippen LogP contribution in [0.4, 0.5) is 0 Å². The molecule has 0 radical (unpaired) electrons. The largest absolute Gasteiger partial charge is 0.497 e. The molecule has 0 aromatic heterocycles. The maximum atomic E-state index is 11.3. The number of hydrogen-bond acceptors (Lipinski definition) is 5. The van der Waals surface area contributed by atoms with Crippen molar-refractivity contribution in [1.82, 2.24) is 0 Å². The van der Waals surface area contributed by atoms with Crippen LogP contribution < -0.4 is 15.2 Å². The van der Waals surface area contributed by atoms with Crippen LogP contribution in [0.15, 0.2) is 18.2 Å². The van der Waals surface area contributed by atoms with Gasteiger partial charge in [0, 0.05) is 11.6 Å². The van der Waals surface area contributed by atoms with Crippen molar-refractivity contribution in [2.24, 2.45) is 5.73 Å². The van der Waals surface area contributed by atoms with Crippen LogP contribution in [-0.2, 0) is 9.53 Å². The minimum atomic E-state index is -0.856. The Morgan fingerprint density at radius 3 is 2.44 bits per heavy atom. The van der Waals surface area contributed by atoms with Gasteiger partial charge >= 0.3 is 5.97 Å². The Morgan fingerprint density at radius 1 is 1.25 bits per heavy atom. The quantitative estimate of drug-likeness (QED) is 0.770. The summed E-state index contributed by atoms with van der Waals surface area (Å²) >= 11 is 0. The summed E-state index contributed by atoms with van der Waals surface area (Å²) in [5.74, 6) is 0.624. The van der Waals surface area contributed by atoms with E-state index in [4.69, 9.17) is 15.2 Å². The number of methoxy groups -OCH3 is 3. The Hall–Kier alpha value is -1.75. The zero-order valence-corrected chi connectivity index (χ0v) is 9.52. The molecule has 1 aromatic carbocycles. The fourth-order valence-corrected chi connectivity index (χ4v) is 1.33. The third-order valence-corrected chi connectivity index (χ3v) is 2.23. The standard InChI is InChI=1S/C11H15NO4/c1-14-7-4-5-8(9(6-7)15-2)10(12)11(13)16-3/h4-6,10H,12H2,1-3H3. The molecule has 0 heterocycles. The molecule has 1 rings (SSSR count). The second kappa shape index (κ2) is 5.37. The SMILES string of the molecule is COC(=O)C(N)c1ccc(OC)cc1OC. The van der Waals surface area contributed by atoms with Crippen molar-refractivity contribution in [3.8, 4) is 11.5 Å². The summed E-state index contributed by atoms with van der Waals surface area (Å²) in [6.45, 7) is 0. The van der Waals surface area contributed by atoms with Crippen molar-refractivity contribution in [2.75, 3.05) is 21.3 Å². The highest BCUT2D eigenvalue weighted by molar-refractivity contribution is 5.78. The van der Waals surface area contributed by atoms with Gasteiger partial charge in [-0.15, -0.1) is 0 Å².